The van der Waals surface area contributed by atoms with Gasteiger partial charge in [0.15, 0.2) is 5.75 Å². The summed E-state index contributed by atoms with van der Waals surface area (Å²) in [5, 5.41) is 2.75. The quantitative estimate of drug-likeness (QED) is 0.824. The van der Waals surface area contributed by atoms with E-state index in [4.69, 9.17) is 10.5 Å². The van der Waals surface area contributed by atoms with E-state index in [0.29, 0.717) is 29.3 Å². The van der Waals surface area contributed by atoms with Crippen LogP contribution in [0.3, 0.4) is 0 Å². The Morgan fingerprint density at radius 3 is 2.71 bits per heavy atom. The van der Waals surface area contributed by atoms with E-state index < -0.39 is 0 Å². The smallest absolute Gasteiger partial charge is 0.251 e. The molecule has 0 aliphatic heterocycles. The van der Waals surface area contributed by atoms with Crippen LogP contribution in [0.1, 0.15) is 22.8 Å². The number of ether oxygens (including phenoxy) is 1. The van der Waals surface area contributed by atoms with Crippen molar-refractivity contribution < 1.29 is 9.53 Å². The van der Waals surface area contributed by atoms with Crippen LogP contribution in [0, 0.1) is 6.92 Å². The summed E-state index contributed by atoms with van der Waals surface area (Å²) in [5.41, 5.74) is 7.99. The number of halogens is 1. The van der Waals surface area contributed by atoms with E-state index in [2.05, 4.69) is 21.2 Å². The number of hydrogen-bond acceptors (Lipinski definition) is 3. The second kappa shape index (κ2) is 6.63. The van der Waals surface area contributed by atoms with Crippen molar-refractivity contribution in [1.29, 1.82) is 0 Å². The average molecular weight is 349 g/mol. The summed E-state index contributed by atoms with van der Waals surface area (Å²) >= 11 is 3.44. The summed E-state index contributed by atoms with van der Waals surface area (Å²) in [6.07, 6.45) is 0. The fourth-order valence-electron chi connectivity index (χ4n) is 1.83. The first-order chi connectivity index (χ1) is 10.0. The van der Waals surface area contributed by atoms with Crippen molar-refractivity contribution in [2.24, 2.45) is 0 Å². The molecule has 2 aromatic rings. The van der Waals surface area contributed by atoms with Crippen molar-refractivity contribution in [3.05, 3.63) is 52.0 Å². The Labute approximate surface area is 132 Å². The van der Waals surface area contributed by atoms with Gasteiger partial charge >= 0.3 is 0 Å². The Morgan fingerprint density at radius 1 is 1.29 bits per heavy atom. The molecule has 110 valence electrons. The predicted molar refractivity (Wildman–Crippen MR) is 87.8 cm³/mol. The van der Waals surface area contributed by atoms with Gasteiger partial charge in [0, 0.05) is 16.6 Å². The third-order valence-electron chi connectivity index (χ3n) is 2.97. The minimum atomic E-state index is -0.144. The normalized spacial score (nSPS) is 10.2. The Hall–Kier alpha value is -2.01. The van der Waals surface area contributed by atoms with Crippen LogP contribution < -0.4 is 15.8 Å². The van der Waals surface area contributed by atoms with Crippen LogP contribution in [0.2, 0.25) is 0 Å². The molecular weight excluding hydrogens is 332 g/mol. The third-order valence-corrected chi connectivity index (χ3v) is 3.86. The Balaban J connectivity index is 2.28. The predicted octanol–water partition coefficient (Wildman–Crippen LogP) is 3.88. The van der Waals surface area contributed by atoms with Crippen molar-refractivity contribution in [3.8, 4) is 11.5 Å². The van der Waals surface area contributed by atoms with Crippen LogP contribution in [-0.2, 0) is 0 Å². The molecule has 0 fully saturated rings. The summed E-state index contributed by atoms with van der Waals surface area (Å²) in [5.74, 6) is 1.00. The highest BCUT2D eigenvalue weighted by molar-refractivity contribution is 9.10. The summed E-state index contributed by atoms with van der Waals surface area (Å²) in [6.45, 7) is 4.42. The first-order valence-corrected chi connectivity index (χ1v) is 7.42. The van der Waals surface area contributed by atoms with Crippen molar-refractivity contribution in [3.63, 3.8) is 0 Å². The Kier molecular flexibility index (Phi) is 4.85. The van der Waals surface area contributed by atoms with Gasteiger partial charge < -0.3 is 15.8 Å². The van der Waals surface area contributed by atoms with E-state index in [1.807, 2.05) is 32.0 Å². The number of nitrogen functional groups attached to an aromatic ring is 1. The molecule has 0 radical (unpaired) electrons. The molecule has 0 heterocycles. The standard InChI is InChI=1S/C16H17BrN2O2/c1-3-19-16(20)11-4-7-14(18)15(9-11)21-12-5-6-13(17)10(2)8-12/h4-9H,3,18H2,1-2H3,(H,19,20). The molecule has 0 aromatic heterocycles. The zero-order valence-electron chi connectivity index (χ0n) is 11.9. The van der Waals surface area contributed by atoms with Gasteiger partial charge in [-0.15, -0.1) is 0 Å². The van der Waals surface area contributed by atoms with Gasteiger partial charge in [0.2, 0.25) is 0 Å². The summed E-state index contributed by atoms with van der Waals surface area (Å²) < 4.78 is 6.80. The number of amides is 1. The van der Waals surface area contributed by atoms with E-state index in [-0.39, 0.29) is 5.91 Å². The van der Waals surface area contributed by atoms with Gasteiger partial charge in [0.25, 0.3) is 5.91 Å². The van der Waals surface area contributed by atoms with E-state index in [0.717, 1.165) is 10.0 Å². The lowest BCUT2D eigenvalue weighted by atomic mass is 10.1. The summed E-state index contributed by atoms with van der Waals surface area (Å²) in [7, 11) is 0. The molecule has 0 saturated heterocycles. The number of nitrogens with two attached hydrogens (primary N) is 1. The van der Waals surface area contributed by atoms with Crippen molar-refractivity contribution in [1.82, 2.24) is 5.32 Å². The van der Waals surface area contributed by atoms with Crippen LogP contribution in [0.4, 0.5) is 5.69 Å². The molecule has 21 heavy (non-hydrogen) atoms. The maximum atomic E-state index is 11.8. The fraction of sp³-hybridized carbons (Fsp3) is 0.188. The van der Waals surface area contributed by atoms with Crippen molar-refractivity contribution in [2.75, 3.05) is 12.3 Å². The topological polar surface area (TPSA) is 64.4 Å². The number of benzene rings is 2. The summed E-state index contributed by atoms with van der Waals surface area (Å²) in [6, 6.07) is 10.7. The minimum Gasteiger partial charge on any atom is -0.455 e. The van der Waals surface area contributed by atoms with E-state index in [1.165, 1.54) is 0 Å². The average Bonchev–Trinajstić information content (AvgIpc) is 2.45. The number of aryl methyl sites for hydroxylation is 1. The molecule has 0 unspecified atom stereocenters. The van der Waals surface area contributed by atoms with Crippen molar-refractivity contribution in [2.45, 2.75) is 13.8 Å². The van der Waals surface area contributed by atoms with E-state index in [1.54, 1.807) is 18.2 Å². The van der Waals surface area contributed by atoms with E-state index in [9.17, 15) is 4.79 Å². The molecule has 2 rings (SSSR count). The largest absolute Gasteiger partial charge is 0.455 e. The van der Waals surface area contributed by atoms with Crippen LogP contribution >= 0.6 is 15.9 Å². The highest BCUT2D eigenvalue weighted by Gasteiger charge is 2.09. The maximum Gasteiger partial charge on any atom is 0.251 e. The van der Waals surface area contributed by atoms with Crippen LogP contribution in [-0.4, -0.2) is 12.5 Å². The lowest BCUT2D eigenvalue weighted by Crippen LogP contribution is -2.22. The number of rotatable bonds is 4. The minimum absolute atomic E-state index is 0.144. The lowest BCUT2D eigenvalue weighted by Gasteiger charge is -2.11. The van der Waals surface area contributed by atoms with Gasteiger partial charge in [-0.2, -0.15) is 0 Å². The molecule has 0 atom stereocenters. The van der Waals surface area contributed by atoms with E-state index >= 15 is 0 Å². The Morgan fingerprint density at radius 2 is 2.05 bits per heavy atom. The van der Waals surface area contributed by atoms with Crippen LogP contribution in [0.25, 0.3) is 0 Å². The molecular formula is C16H17BrN2O2. The highest BCUT2D eigenvalue weighted by atomic mass is 79.9. The zero-order valence-corrected chi connectivity index (χ0v) is 13.5. The number of carbonyl (C=O) groups is 1. The van der Waals surface area contributed by atoms with Crippen LogP contribution in [0.15, 0.2) is 40.9 Å². The third kappa shape index (κ3) is 3.76. The molecule has 0 saturated carbocycles. The SMILES string of the molecule is CCNC(=O)c1ccc(N)c(Oc2ccc(Br)c(C)c2)c1. The number of hydrogen-bond donors (Lipinski definition) is 2. The first kappa shape index (κ1) is 15.4. The second-order valence-corrected chi connectivity index (χ2v) is 5.48. The van der Waals surface area contributed by atoms with Gasteiger partial charge in [0.1, 0.15) is 5.75 Å². The second-order valence-electron chi connectivity index (χ2n) is 4.63. The zero-order chi connectivity index (χ0) is 15.4. The molecule has 1 amide bonds. The molecule has 4 nitrogen and oxygen atoms in total. The Bertz CT molecular complexity index is 671. The number of nitrogens with one attached hydrogen (secondary N) is 1. The molecule has 0 aliphatic rings. The highest BCUT2D eigenvalue weighted by Crippen LogP contribution is 2.30. The monoisotopic (exact) mass is 348 g/mol. The van der Waals surface area contributed by atoms with Gasteiger partial charge in [0.05, 0.1) is 5.69 Å². The van der Waals surface area contributed by atoms with Gasteiger partial charge in [-0.3, -0.25) is 4.79 Å². The molecule has 2 aromatic carbocycles. The first-order valence-electron chi connectivity index (χ1n) is 6.63. The molecule has 0 bridgehead atoms. The molecule has 0 aliphatic carbocycles. The molecule has 0 spiro atoms. The summed E-state index contributed by atoms with van der Waals surface area (Å²) in [4.78, 5) is 11.8. The molecule has 3 N–H and O–H groups in total. The van der Waals surface area contributed by atoms with Gasteiger partial charge in [-0.05, 0) is 55.8 Å². The molecule has 5 heteroatoms. The number of carbonyl (C=O) groups excluding carboxylic acids is 1. The van der Waals surface area contributed by atoms with Crippen molar-refractivity contribution >= 4 is 27.5 Å². The maximum absolute atomic E-state index is 11.8. The van der Waals surface area contributed by atoms with Gasteiger partial charge in [-0.25, -0.2) is 0 Å². The van der Waals surface area contributed by atoms with Crippen LogP contribution in [0.5, 0.6) is 11.5 Å². The number of anilines is 1. The fourth-order valence-corrected chi connectivity index (χ4v) is 2.08. The lowest BCUT2D eigenvalue weighted by molar-refractivity contribution is 0.0955. The van der Waals surface area contributed by atoms with Gasteiger partial charge in [-0.1, -0.05) is 15.9 Å².